The molecule has 1 fully saturated rings. The van der Waals surface area contributed by atoms with Gasteiger partial charge in [0.1, 0.15) is 5.82 Å². The molecule has 1 N–H and O–H groups in total. The monoisotopic (exact) mass is 336 g/mol. The standard InChI is InChI=1S/C17H22F2N4O/c1-23(2)17(7-9-24-10-8-17)11-20-15-12-5-3-4-6-13(12)21-16(22-15)14(18)19/h3-6,14H,7-11H2,1-2H3,(H,20,21,22). The molecule has 1 aliphatic rings. The normalized spacial score (nSPS) is 17.6. The Morgan fingerprint density at radius 1 is 1.21 bits per heavy atom. The second kappa shape index (κ2) is 6.94. The Morgan fingerprint density at radius 3 is 2.58 bits per heavy atom. The van der Waals surface area contributed by atoms with Gasteiger partial charge in [-0.15, -0.1) is 0 Å². The van der Waals surface area contributed by atoms with Gasteiger partial charge in [-0.2, -0.15) is 0 Å². The number of hydrogen-bond acceptors (Lipinski definition) is 5. The molecule has 3 rings (SSSR count). The Morgan fingerprint density at radius 2 is 1.92 bits per heavy atom. The van der Waals surface area contributed by atoms with Gasteiger partial charge in [0.15, 0.2) is 5.82 Å². The molecule has 2 heterocycles. The molecule has 1 aliphatic heterocycles. The van der Waals surface area contributed by atoms with Gasteiger partial charge in [-0.3, -0.25) is 0 Å². The maximum Gasteiger partial charge on any atom is 0.297 e. The third kappa shape index (κ3) is 3.32. The molecule has 0 unspecified atom stereocenters. The average molecular weight is 336 g/mol. The first-order chi connectivity index (χ1) is 11.5. The lowest BCUT2D eigenvalue weighted by Crippen LogP contribution is -2.53. The van der Waals surface area contributed by atoms with Crippen LogP contribution >= 0.6 is 0 Å². The van der Waals surface area contributed by atoms with Crippen LogP contribution in [0.15, 0.2) is 24.3 Å². The minimum atomic E-state index is -2.69. The van der Waals surface area contributed by atoms with Crippen LogP contribution in [0.2, 0.25) is 0 Å². The number of likely N-dealkylation sites (N-methyl/N-ethyl adjacent to an activating group) is 1. The fraction of sp³-hybridized carbons (Fsp3) is 0.529. The van der Waals surface area contributed by atoms with E-state index < -0.39 is 12.2 Å². The van der Waals surface area contributed by atoms with Crippen LogP contribution < -0.4 is 5.32 Å². The number of ether oxygens (including phenoxy) is 1. The molecule has 0 radical (unpaired) electrons. The van der Waals surface area contributed by atoms with Crippen molar-refractivity contribution in [1.82, 2.24) is 14.9 Å². The number of anilines is 1. The Balaban J connectivity index is 1.91. The van der Waals surface area contributed by atoms with E-state index in [1.54, 1.807) is 12.1 Å². The van der Waals surface area contributed by atoms with Crippen LogP contribution in [-0.4, -0.2) is 54.3 Å². The summed E-state index contributed by atoms with van der Waals surface area (Å²) in [6.45, 7) is 2.02. The summed E-state index contributed by atoms with van der Waals surface area (Å²) in [5, 5.41) is 4.05. The highest BCUT2D eigenvalue weighted by Gasteiger charge is 2.34. The lowest BCUT2D eigenvalue weighted by Gasteiger charge is -2.43. The van der Waals surface area contributed by atoms with E-state index >= 15 is 0 Å². The molecular formula is C17H22F2N4O. The third-order valence-corrected chi connectivity index (χ3v) is 4.77. The van der Waals surface area contributed by atoms with Crippen molar-refractivity contribution >= 4 is 16.7 Å². The molecule has 7 heteroatoms. The SMILES string of the molecule is CN(C)C1(CNc2nc(C(F)F)nc3ccccc23)CCOCC1. The minimum Gasteiger partial charge on any atom is -0.381 e. The molecule has 5 nitrogen and oxygen atoms in total. The van der Waals surface area contributed by atoms with E-state index in [4.69, 9.17) is 4.74 Å². The molecule has 1 aromatic heterocycles. The van der Waals surface area contributed by atoms with Crippen LogP contribution in [0.1, 0.15) is 25.1 Å². The first kappa shape index (κ1) is 17.0. The second-order valence-corrected chi connectivity index (χ2v) is 6.33. The topological polar surface area (TPSA) is 50.3 Å². The molecule has 0 spiro atoms. The smallest absolute Gasteiger partial charge is 0.297 e. The van der Waals surface area contributed by atoms with Crippen LogP contribution in [0, 0.1) is 0 Å². The Labute approximate surface area is 140 Å². The van der Waals surface area contributed by atoms with E-state index in [9.17, 15) is 8.78 Å². The molecule has 1 aromatic carbocycles. The van der Waals surface area contributed by atoms with Crippen molar-refractivity contribution in [3.05, 3.63) is 30.1 Å². The first-order valence-corrected chi connectivity index (χ1v) is 8.06. The predicted octanol–water partition coefficient (Wildman–Crippen LogP) is 3.09. The first-order valence-electron chi connectivity index (χ1n) is 8.06. The quantitative estimate of drug-likeness (QED) is 0.909. The molecule has 0 atom stereocenters. The van der Waals surface area contributed by atoms with E-state index in [0.29, 0.717) is 31.1 Å². The van der Waals surface area contributed by atoms with E-state index in [1.807, 2.05) is 26.2 Å². The largest absolute Gasteiger partial charge is 0.381 e. The molecule has 0 amide bonds. The van der Waals surface area contributed by atoms with Crippen molar-refractivity contribution in [2.75, 3.05) is 39.2 Å². The van der Waals surface area contributed by atoms with Crippen molar-refractivity contribution < 1.29 is 13.5 Å². The summed E-state index contributed by atoms with van der Waals surface area (Å²) in [4.78, 5) is 10.2. The highest BCUT2D eigenvalue weighted by molar-refractivity contribution is 5.89. The number of para-hydroxylation sites is 1. The lowest BCUT2D eigenvalue weighted by atomic mass is 9.88. The number of fused-ring (bicyclic) bond motifs is 1. The maximum absolute atomic E-state index is 13.1. The summed E-state index contributed by atoms with van der Waals surface area (Å²) in [6, 6.07) is 7.21. The fourth-order valence-electron chi connectivity index (χ4n) is 3.11. The summed E-state index contributed by atoms with van der Waals surface area (Å²) in [6.07, 6.45) is -0.920. The average Bonchev–Trinajstić information content (AvgIpc) is 2.60. The lowest BCUT2D eigenvalue weighted by molar-refractivity contribution is -0.000656. The minimum absolute atomic E-state index is 0.0741. The number of rotatable bonds is 5. The molecule has 130 valence electrons. The summed E-state index contributed by atoms with van der Waals surface area (Å²) in [5.74, 6) is 0.0192. The highest BCUT2D eigenvalue weighted by Crippen LogP contribution is 2.29. The maximum atomic E-state index is 13.1. The highest BCUT2D eigenvalue weighted by atomic mass is 19.3. The van der Waals surface area contributed by atoms with Crippen molar-refractivity contribution in [3.8, 4) is 0 Å². The summed E-state index contributed by atoms with van der Waals surface area (Å²) < 4.78 is 31.7. The van der Waals surface area contributed by atoms with Crippen LogP contribution in [-0.2, 0) is 4.74 Å². The van der Waals surface area contributed by atoms with Gasteiger partial charge in [0.25, 0.3) is 6.43 Å². The number of nitrogens with zero attached hydrogens (tertiary/aromatic N) is 3. The van der Waals surface area contributed by atoms with E-state index in [-0.39, 0.29) is 5.54 Å². The Kier molecular flexibility index (Phi) is 4.91. The van der Waals surface area contributed by atoms with Crippen LogP contribution in [0.25, 0.3) is 10.9 Å². The second-order valence-electron chi connectivity index (χ2n) is 6.33. The van der Waals surface area contributed by atoms with Crippen LogP contribution in [0.5, 0.6) is 0 Å². The molecule has 24 heavy (non-hydrogen) atoms. The van der Waals surface area contributed by atoms with Gasteiger partial charge < -0.3 is 15.0 Å². The number of hydrogen-bond donors (Lipinski definition) is 1. The number of nitrogens with one attached hydrogen (secondary N) is 1. The molecule has 1 saturated heterocycles. The van der Waals surface area contributed by atoms with Crippen molar-refractivity contribution in [3.63, 3.8) is 0 Å². The Hall–Kier alpha value is -1.86. The van der Waals surface area contributed by atoms with E-state index in [1.165, 1.54) is 0 Å². The molecular weight excluding hydrogens is 314 g/mol. The predicted molar refractivity (Wildman–Crippen MR) is 89.5 cm³/mol. The third-order valence-electron chi connectivity index (χ3n) is 4.77. The zero-order valence-electron chi connectivity index (χ0n) is 13.9. The van der Waals surface area contributed by atoms with E-state index in [2.05, 4.69) is 20.2 Å². The summed E-state index contributed by atoms with van der Waals surface area (Å²) >= 11 is 0. The van der Waals surface area contributed by atoms with Gasteiger partial charge in [0.05, 0.1) is 5.52 Å². The van der Waals surface area contributed by atoms with Crippen molar-refractivity contribution in [2.24, 2.45) is 0 Å². The van der Waals surface area contributed by atoms with Gasteiger partial charge >= 0.3 is 0 Å². The summed E-state index contributed by atoms with van der Waals surface area (Å²) in [7, 11) is 4.07. The van der Waals surface area contributed by atoms with Gasteiger partial charge in [-0.05, 0) is 39.1 Å². The van der Waals surface area contributed by atoms with Gasteiger partial charge in [-0.1, -0.05) is 12.1 Å². The van der Waals surface area contributed by atoms with Gasteiger partial charge in [0, 0.05) is 30.7 Å². The number of benzene rings is 1. The molecule has 2 aromatic rings. The van der Waals surface area contributed by atoms with Crippen molar-refractivity contribution in [2.45, 2.75) is 24.8 Å². The molecule has 0 aliphatic carbocycles. The summed E-state index contributed by atoms with van der Waals surface area (Å²) in [5.41, 5.74) is 0.450. The van der Waals surface area contributed by atoms with Crippen LogP contribution in [0.4, 0.5) is 14.6 Å². The fourth-order valence-corrected chi connectivity index (χ4v) is 3.11. The zero-order valence-corrected chi connectivity index (χ0v) is 13.9. The molecule has 0 bridgehead atoms. The zero-order chi connectivity index (χ0) is 17.2. The molecule has 0 saturated carbocycles. The van der Waals surface area contributed by atoms with E-state index in [0.717, 1.165) is 18.2 Å². The van der Waals surface area contributed by atoms with Gasteiger partial charge in [0.2, 0.25) is 0 Å². The van der Waals surface area contributed by atoms with Crippen molar-refractivity contribution in [1.29, 1.82) is 0 Å². The van der Waals surface area contributed by atoms with Gasteiger partial charge in [-0.25, -0.2) is 18.7 Å². The Bertz CT molecular complexity index is 702. The van der Waals surface area contributed by atoms with Crippen LogP contribution in [0.3, 0.4) is 0 Å². The number of halogens is 2. The number of aromatic nitrogens is 2. The number of alkyl halides is 2.